The van der Waals surface area contributed by atoms with Gasteiger partial charge in [0.2, 0.25) is 0 Å². The number of hydrogen-bond donors (Lipinski definition) is 5. The first-order chi connectivity index (χ1) is 68.9. The maximum atomic E-state index is 12.1. The Morgan fingerprint density at radius 1 is 0.412 bits per heavy atom. The number of carbonyl (C=O) groups is 4. The number of anilines is 2. The van der Waals surface area contributed by atoms with Crippen LogP contribution >= 0.6 is 50.8 Å². The Morgan fingerprint density at radius 2 is 0.703 bits per heavy atom. The first-order valence-corrected chi connectivity index (χ1v) is 60.6. The highest BCUT2D eigenvalue weighted by Crippen LogP contribution is 2.82. The summed E-state index contributed by atoms with van der Waals surface area (Å²) in [5, 5.41) is 29.3. The number of nitrogens with zero attached hydrogens (tertiary/aromatic N) is 2. The molecule has 15 aliphatic carbocycles. The fourth-order valence-corrected chi connectivity index (χ4v) is 42.3. The third-order valence-electron chi connectivity index (χ3n) is 47.2. The lowest BCUT2D eigenvalue weighted by Crippen LogP contribution is -2.68. The van der Waals surface area contributed by atoms with Gasteiger partial charge in [0.15, 0.2) is 15.4 Å². The SMILES string of the molecule is C=C(C)[C@@H]1CC[C@]2(NC(N)=S)CC[C@]3(C)[C@H](CC[C@@H]4[C@@]5(C)CC=C(c6ccc(C(=O)OC)cc6)C(C)(C)[C@@H]5CC[C@]43C)[C@@H]12.C=C(C)[C@@H]1CC[C@]2(Nc3nc(C(C)(C)C)cs3)CC[C@]3(C)[C@H](CC[C@@H]4[C@@]5(C)CC=C(c6ccc(C(=O)O)cc6)C(C)(C)[C@@H]5CC[C@]43C)[C@@H]12.C=C(C)[C@@H]1CC[C@]2(Nc3nc(C(C)(C)C)cs3)CC[C@]3(C)[C@H](CC[C@@H]4[C@@]5(C)CC=C(c6ccc(C(=O)OC)cc6)C(C)(C)[C@@H]5CC[C@]43C)[C@@H]12.CC(C)(C)C(=O)CBr. The predicted octanol–water partition coefficient (Wildman–Crippen LogP) is 34.1. The number of thiocarbonyl (C=S) groups is 1. The number of rotatable bonds is 15. The van der Waals surface area contributed by atoms with Crippen LogP contribution in [-0.2, 0) is 25.1 Å². The van der Waals surface area contributed by atoms with Gasteiger partial charge >= 0.3 is 17.9 Å². The monoisotopic (exact) mass is 2130 g/mol. The molecule has 0 spiro atoms. The Balaban J connectivity index is 0.000000146. The number of carboxylic acids is 1. The predicted molar refractivity (Wildman–Crippen MR) is 624 cm³/mol. The number of halogens is 1. The van der Waals surface area contributed by atoms with Crippen LogP contribution in [0.25, 0.3) is 16.7 Å². The number of benzene rings is 3. The number of Topliss-reactive ketones (excluding diaryl/α,β-unsaturated/α-hetero) is 1. The Labute approximate surface area is 914 Å². The Hall–Kier alpha value is -6.79. The number of hydrogen-bond acceptors (Lipinski definition) is 13. The summed E-state index contributed by atoms with van der Waals surface area (Å²) in [6.45, 7) is 79.2. The number of nitrogens with one attached hydrogen (secondary N) is 3. The van der Waals surface area contributed by atoms with E-state index in [9.17, 15) is 24.3 Å². The molecule has 15 aliphatic rings. The van der Waals surface area contributed by atoms with Gasteiger partial charge in [-0.05, 0) is 430 Å². The van der Waals surface area contributed by atoms with Crippen molar-refractivity contribution in [1.82, 2.24) is 15.3 Å². The number of thiazole rings is 2. The van der Waals surface area contributed by atoms with Crippen molar-refractivity contribution in [3.8, 4) is 0 Å². The summed E-state index contributed by atoms with van der Waals surface area (Å²) < 4.78 is 9.92. The van der Waals surface area contributed by atoms with Gasteiger partial charge in [-0.1, -0.05) is 273 Å². The molecule has 12 fully saturated rings. The summed E-state index contributed by atoms with van der Waals surface area (Å²) in [5.41, 5.74) is 25.1. The maximum absolute atomic E-state index is 12.1. The molecule has 20 rings (SSSR count). The highest BCUT2D eigenvalue weighted by atomic mass is 79.9. The van der Waals surface area contributed by atoms with E-state index in [0.717, 1.165) is 42.4 Å². The number of fused-ring (bicyclic) bond motifs is 21. The minimum Gasteiger partial charge on any atom is -0.478 e. The fraction of sp³-hybridized carbons (Fsp3) is 0.687. The van der Waals surface area contributed by atoms with Crippen LogP contribution < -0.4 is 21.7 Å². The van der Waals surface area contributed by atoms with Gasteiger partial charge in [-0.25, -0.2) is 24.4 Å². The van der Waals surface area contributed by atoms with Gasteiger partial charge in [0, 0.05) is 43.6 Å². The number of carboxylic acid groups (broad SMARTS) is 1. The molecule has 6 N–H and O–H groups in total. The first kappa shape index (κ1) is 112. The van der Waals surface area contributed by atoms with Crippen LogP contribution in [0.4, 0.5) is 10.3 Å². The van der Waals surface area contributed by atoms with Crippen molar-refractivity contribution in [1.29, 1.82) is 0 Å². The maximum Gasteiger partial charge on any atom is 0.337 e. The van der Waals surface area contributed by atoms with Gasteiger partial charge in [-0.3, -0.25) is 4.79 Å². The molecule has 27 atom stereocenters. The number of aromatic carboxylic acids is 1. The summed E-state index contributed by atoms with van der Waals surface area (Å²) in [4.78, 5) is 56.9. The second-order valence-corrected chi connectivity index (χ2v) is 60.5. The van der Waals surface area contributed by atoms with Crippen molar-refractivity contribution in [3.05, 3.63) is 183 Å². The molecule has 3 aromatic carbocycles. The molecule has 0 radical (unpaired) electrons. The lowest BCUT2D eigenvalue weighted by Gasteiger charge is -2.72. The average Bonchev–Trinajstić information content (AvgIpc) is 1.20. The van der Waals surface area contributed by atoms with E-state index in [4.69, 9.17) is 37.4 Å². The summed E-state index contributed by atoms with van der Waals surface area (Å²) in [6.07, 6.45) is 41.4. The highest BCUT2D eigenvalue weighted by Gasteiger charge is 2.76. The minimum absolute atomic E-state index is 0.0256. The van der Waals surface area contributed by atoms with E-state index < -0.39 is 5.97 Å². The topological polar surface area (TPSA) is 195 Å². The number of esters is 2. The number of nitrogens with two attached hydrogens (primary N) is 1. The quantitative estimate of drug-likeness (QED) is 0.0287. The van der Waals surface area contributed by atoms with Crippen LogP contribution in [0.1, 0.15) is 419 Å². The number of ketones is 1. The lowest BCUT2D eigenvalue weighted by atomic mass is 9.33. The lowest BCUT2D eigenvalue weighted by molar-refractivity contribution is -0.218. The van der Waals surface area contributed by atoms with E-state index in [2.05, 4.69) is 271 Å². The number of methoxy groups -OCH3 is 2. The largest absolute Gasteiger partial charge is 0.478 e. The van der Waals surface area contributed by atoms with Crippen molar-refractivity contribution in [2.45, 2.75) is 388 Å². The molecule has 12 saturated carbocycles. The molecule has 17 heteroatoms. The molecule has 0 bridgehead atoms. The van der Waals surface area contributed by atoms with Crippen molar-refractivity contribution in [3.63, 3.8) is 0 Å². The molecule has 5 aromatic rings. The molecule has 2 aromatic heterocycles. The van der Waals surface area contributed by atoms with Crippen molar-refractivity contribution >= 4 is 107 Å². The minimum atomic E-state index is -0.859. The van der Waals surface area contributed by atoms with Gasteiger partial charge in [0.25, 0.3) is 0 Å². The molecule has 148 heavy (non-hydrogen) atoms. The summed E-state index contributed by atoms with van der Waals surface area (Å²) >= 11 is 12.2. The number of alkyl halides is 1. The van der Waals surface area contributed by atoms with Crippen LogP contribution in [0.2, 0.25) is 0 Å². The normalized spacial score (nSPS) is 39.1. The molecule has 0 aliphatic heterocycles. The van der Waals surface area contributed by atoms with Crippen molar-refractivity contribution in [2.75, 3.05) is 30.2 Å². The van der Waals surface area contributed by atoms with Crippen LogP contribution in [0, 0.1) is 159 Å². The van der Waals surface area contributed by atoms with E-state index in [0.29, 0.717) is 138 Å². The van der Waals surface area contributed by atoms with Gasteiger partial charge < -0.3 is 36.3 Å². The summed E-state index contributed by atoms with van der Waals surface area (Å²) in [7, 11) is 2.89. The number of ether oxygens (including phenoxy) is 2. The molecule has 13 nitrogen and oxygen atoms in total. The Bertz CT molecular complexity index is 6030. The van der Waals surface area contributed by atoms with Crippen LogP contribution in [0.3, 0.4) is 0 Å². The third kappa shape index (κ3) is 18.1. The van der Waals surface area contributed by atoms with Crippen LogP contribution in [-0.4, -0.2) is 80.0 Å². The van der Waals surface area contributed by atoms with E-state index in [-0.39, 0.29) is 93.9 Å². The average molecular weight is 2130 g/mol. The molecular formula is C131H187BrN6O7S3. The summed E-state index contributed by atoms with van der Waals surface area (Å²) in [6, 6.07) is 23.9. The molecule has 0 saturated heterocycles. The molecule has 2 heterocycles. The first-order valence-electron chi connectivity index (χ1n) is 57.4. The zero-order valence-corrected chi connectivity index (χ0v) is 100. The van der Waals surface area contributed by atoms with Crippen LogP contribution in [0.5, 0.6) is 0 Å². The van der Waals surface area contributed by atoms with E-state index in [1.54, 1.807) is 23.5 Å². The van der Waals surface area contributed by atoms with E-state index >= 15 is 0 Å². The number of carbonyl (C=O) groups excluding carboxylic acids is 3. The molecular weight excluding hydrogens is 1950 g/mol. The van der Waals surface area contributed by atoms with Gasteiger partial charge in [0.05, 0.1) is 47.6 Å². The van der Waals surface area contributed by atoms with Gasteiger partial charge in [-0.2, -0.15) is 0 Å². The summed E-state index contributed by atoms with van der Waals surface area (Å²) in [5.74, 6) is 8.26. The molecule has 0 amide bonds. The zero-order chi connectivity index (χ0) is 108. The number of aromatic nitrogens is 2. The van der Waals surface area contributed by atoms with Gasteiger partial charge in [0.1, 0.15) is 5.78 Å². The Kier molecular flexibility index (Phi) is 29.8. The second kappa shape index (κ2) is 39.2. The number of allylic oxidation sites excluding steroid dienone is 9. The smallest absolute Gasteiger partial charge is 0.337 e. The molecule has 808 valence electrons. The zero-order valence-electron chi connectivity index (χ0n) is 96.4. The highest BCUT2D eigenvalue weighted by molar-refractivity contribution is 9.09. The van der Waals surface area contributed by atoms with Gasteiger partial charge in [-0.15, -0.1) is 22.7 Å². The molecule has 0 unspecified atom stereocenters. The third-order valence-corrected chi connectivity index (χ3v) is 49.3. The standard InChI is InChI=1S/C44H62N2O2S.C43H60N2O2S.C38H54N2O2S.C6H11BrO/c1-27(2)30-18-23-44(46-38-45-35(26-49-38)39(3,4)5)25-24-42(9)32(36(30)44)16-17-34-41(8)21-19-31(28-12-14-29(15-13-28)37(47)48-11)40(6,7)33(41)20-22-43(34,42)10;1-26(2)29-17-22-43(45-37-44-34(25-48-37)38(3,4)5)24-23-41(9)31(35(29)43)15-16-33-40(8)20-18-30(27-11-13-28(14-12-27)36(46)47)39(6,7)32(40)19-21-42(33,41)10;1-23(2)26-15-20-38(40-33(39)43)22-21-36(6)28(31(26)38)13-14-30-35(5)18-16-27(24-9-11-25(12-10-24)32(41)42-8)34(3,4)29(35)17-19-37(30,36)7;1-6(2,3)5(8)4-7/h12-15,19,26,30,32-34,36H,1,16-18,20-25H2,2-11H3,(H,45,46);11-14,18,25,29,31-33,35H,1,15-17,19-24H2,2-10H3,(H,44,45)(H,46,47);9-12,16,26,28-31H,1,13-15,17-22H2,2-8H3,(H3,39,40,43);4H2,1-3H3/t30-,32+,33-,34+,36+,41-,42+,43+,44-;29-,31+,32-,33+,35+,40-,41+,42+,43-;26-,28+,29-,30+,31+,35-,36+,37+,38-;/m000./s1. The Morgan fingerprint density at radius 3 is 0.959 bits per heavy atom. The van der Waals surface area contributed by atoms with E-state index in [1.807, 2.05) is 68.5 Å². The van der Waals surface area contributed by atoms with Crippen molar-refractivity contribution < 1.29 is 33.8 Å². The van der Waals surface area contributed by atoms with E-state index in [1.165, 1.54) is 217 Å². The van der Waals surface area contributed by atoms with Crippen molar-refractivity contribution in [2.24, 2.45) is 165 Å². The van der Waals surface area contributed by atoms with Crippen LogP contribution in [0.15, 0.2) is 138 Å². The second-order valence-electron chi connectivity index (χ2n) is 57.8. The fourth-order valence-electron chi connectivity index (χ4n) is 39.2.